The van der Waals surface area contributed by atoms with Crippen LogP contribution in [0.25, 0.3) is 0 Å². The molecule has 4 nitrogen and oxygen atoms in total. The van der Waals surface area contributed by atoms with E-state index in [2.05, 4.69) is 17.6 Å². The Morgan fingerprint density at radius 3 is 2.33 bits per heavy atom. The van der Waals surface area contributed by atoms with E-state index < -0.39 is 0 Å². The smallest absolute Gasteiger partial charge is 0.226 e. The molecule has 0 saturated heterocycles. The molecule has 0 radical (unpaired) electrons. The molecular formula is C17H22N2O2. The number of nitrogens with one attached hydrogen (secondary N) is 2. The third-order valence-corrected chi connectivity index (χ3v) is 3.31. The topological polar surface area (TPSA) is 54.3 Å². The van der Waals surface area contributed by atoms with Crippen LogP contribution in [-0.2, 0) is 4.79 Å². The molecule has 1 atom stereocenters. The minimum absolute atomic E-state index is 0.0220. The van der Waals surface area contributed by atoms with Crippen LogP contribution in [0, 0.1) is 5.92 Å². The van der Waals surface area contributed by atoms with Crippen LogP contribution in [0.5, 0.6) is 0 Å². The van der Waals surface area contributed by atoms with E-state index in [1.165, 1.54) is 0 Å². The Bertz CT molecular complexity index is 559. The monoisotopic (exact) mass is 286 g/mol. The summed E-state index contributed by atoms with van der Waals surface area (Å²) in [6.07, 6.45) is 2.61. The number of rotatable bonds is 6. The van der Waals surface area contributed by atoms with Crippen molar-refractivity contribution < 1.29 is 9.21 Å². The van der Waals surface area contributed by atoms with Gasteiger partial charge in [0.1, 0.15) is 5.76 Å². The Balaban J connectivity index is 2.00. The highest BCUT2D eigenvalue weighted by molar-refractivity contribution is 5.92. The number of furan rings is 1. The van der Waals surface area contributed by atoms with Gasteiger partial charge in [0.25, 0.3) is 0 Å². The van der Waals surface area contributed by atoms with Crippen molar-refractivity contribution in [3.63, 3.8) is 0 Å². The van der Waals surface area contributed by atoms with Crippen molar-refractivity contribution in [3.8, 4) is 0 Å². The molecule has 2 N–H and O–H groups in total. The molecule has 0 aliphatic carbocycles. The van der Waals surface area contributed by atoms with E-state index in [0.717, 1.165) is 23.6 Å². The summed E-state index contributed by atoms with van der Waals surface area (Å²) in [5, 5.41) is 6.31. The fourth-order valence-corrected chi connectivity index (χ4v) is 2.00. The van der Waals surface area contributed by atoms with Gasteiger partial charge in [0.05, 0.1) is 12.3 Å². The molecule has 1 aromatic heterocycles. The van der Waals surface area contributed by atoms with Gasteiger partial charge in [0.2, 0.25) is 5.91 Å². The first-order valence-electron chi connectivity index (χ1n) is 7.31. The van der Waals surface area contributed by atoms with Crippen LogP contribution >= 0.6 is 0 Å². The molecule has 1 amide bonds. The lowest BCUT2D eigenvalue weighted by Gasteiger charge is -2.16. The number of hydrogen-bond acceptors (Lipinski definition) is 3. The van der Waals surface area contributed by atoms with Crippen molar-refractivity contribution in [1.82, 2.24) is 0 Å². The molecule has 1 aromatic carbocycles. The second kappa shape index (κ2) is 6.97. The predicted molar refractivity (Wildman–Crippen MR) is 85.3 cm³/mol. The van der Waals surface area contributed by atoms with E-state index in [-0.39, 0.29) is 17.9 Å². The van der Waals surface area contributed by atoms with E-state index in [1.807, 2.05) is 50.2 Å². The molecule has 2 rings (SSSR count). The summed E-state index contributed by atoms with van der Waals surface area (Å²) in [6.45, 7) is 5.86. The predicted octanol–water partition coefficient (Wildman–Crippen LogP) is 4.44. The largest absolute Gasteiger partial charge is 0.467 e. The Hall–Kier alpha value is -2.23. The molecule has 0 fully saturated rings. The number of anilines is 2. The van der Waals surface area contributed by atoms with Crippen molar-refractivity contribution in [3.05, 3.63) is 48.4 Å². The van der Waals surface area contributed by atoms with Crippen LogP contribution in [0.3, 0.4) is 0 Å². The zero-order valence-electron chi connectivity index (χ0n) is 12.7. The van der Waals surface area contributed by atoms with Crippen LogP contribution in [0.2, 0.25) is 0 Å². The summed E-state index contributed by atoms with van der Waals surface area (Å²) < 4.78 is 5.44. The van der Waals surface area contributed by atoms with Gasteiger partial charge in [-0.3, -0.25) is 4.79 Å². The molecule has 112 valence electrons. The molecule has 0 aliphatic rings. The van der Waals surface area contributed by atoms with Gasteiger partial charge in [0, 0.05) is 17.3 Å². The maximum absolute atomic E-state index is 11.6. The van der Waals surface area contributed by atoms with Crippen molar-refractivity contribution in [2.45, 2.75) is 33.2 Å². The fourth-order valence-electron chi connectivity index (χ4n) is 2.00. The van der Waals surface area contributed by atoms with E-state index in [0.29, 0.717) is 0 Å². The van der Waals surface area contributed by atoms with Crippen molar-refractivity contribution in [2.75, 3.05) is 10.6 Å². The average Bonchev–Trinajstić information content (AvgIpc) is 3.00. The van der Waals surface area contributed by atoms with Crippen LogP contribution in [0.4, 0.5) is 11.4 Å². The van der Waals surface area contributed by atoms with Gasteiger partial charge in [-0.2, -0.15) is 0 Å². The first-order valence-corrected chi connectivity index (χ1v) is 7.31. The van der Waals surface area contributed by atoms with Crippen LogP contribution in [0.1, 0.15) is 39.0 Å². The fraction of sp³-hybridized carbons (Fsp3) is 0.353. The van der Waals surface area contributed by atoms with Crippen LogP contribution < -0.4 is 10.6 Å². The molecule has 0 bridgehead atoms. The van der Waals surface area contributed by atoms with Crippen LogP contribution in [-0.4, -0.2) is 5.91 Å². The molecule has 1 unspecified atom stereocenters. The summed E-state index contributed by atoms with van der Waals surface area (Å²) >= 11 is 0. The number of amides is 1. The SMILES string of the molecule is CCC(Nc1ccc(NC(=O)C(C)C)cc1)c1ccco1. The highest BCUT2D eigenvalue weighted by Gasteiger charge is 2.12. The maximum atomic E-state index is 11.6. The molecule has 0 saturated carbocycles. The average molecular weight is 286 g/mol. The zero-order valence-corrected chi connectivity index (χ0v) is 12.7. The summed E-state index contributed by atoms with van der Waals surface area (Å²) in [5.74, 6) is 0.929. The summed E-state index contributed by atoms with van der Waals surface area (Å²) in [6, 6.07) is 11.7. The molecule has 0 spiro atoms. The third-order valence-electron chi connectivity index (χ3n) is 3.31. The first-order chi connectivity index (χ1) is 10.1. The van der Waals surface area contributed by atoms with Gasteiger partial charge >= 0.3 is 0 Å². The minimum Gasteiger partial charge on any atom is -0.467 e. The Labute approximate surface area is 125 Å². The van der Waals surface area contributed by atoms with E-state index in [1.54, 1.807) is 6.26 Å². The normalized spacial score (nSPS) is 12.2. The number of hydrogen-bond donors (Lipinski definition) is 2. The van der Waals surface area contributed by atoms with Gasteiger partial charge in [-0.25, -0.2) is 0 Å². The number of carbonyl (C=O) groups excluding carboxylic acids is 1. The van der Waals surface area contributed by atoms with Gasteiger partial charge in [-0.05, 0) is 42.8 Å². The van der Waals surface area contributed by atoms with Crippen molar-refractivity contribution >= 4 is 17.3 Å². The lowest BCUT2D eigenvalue weighted by molar-refractivity contribution is -0.118. The summed E-state index contributed by atoms with van der Waals surface area (Å²) in [4.78, 5) is 11.6. The van der Waals surface area contributed by atoms with Gasteiger partial charge in [-0.1, -0.05) is 20.8 Å². The molecule has 2 aromatic rings. The van der Waals surface area contributed by atoms with Crippen LogP contribution in [0.15, 0.2) is 47.1 Å². The lowest BCUT2D eigenvalue weighted by atomic mass is 10.1. The van der Waals surface area contributed by atoms with E-state index in [4.69, 9.17) is 4.42 Å². The molecule has 1 heterocycles. The molecule has 0 aliphatic heterocycles. The Kier molecular flexibility index (Phi) is 5.04. The van der Waals surface area contributed by atoms with Crippen molar-refractivity contribution in [2.24, 2.45) is 5.92 Å². The number of benzene rings is 1. The quantitative estimate of drug-likeness (QED) is 0.825. The third kappa shape index (κ3) is 4.12. The second-order valence-corrected chi connectivity index (χ2v) is 5.34. The first kappa shape index (κ1) is 15.2. The maximum Gasteiger partial charge on any atom is 0.226 e. The second-order valence-electron chi connectivity index (χ2n) is 5.34. The molecular weight excluding hydrogens is 264 g/mol. The molecule has 21 heavy (non-hydrogen) atoms. The van der Waals surface area contributed by atoms with Gasteiger partial charge in [0.15, 0.2) is 0 Å². The Morgan fingerprint density at radius 2 is 1.81 bits per heavy atom. The van der Waals surface area contributed by atoms with Gasteiger partial charge < -0.3 is 15.1 Å². The van der Waals surface area contributed by atoms with Gasteiger partial charge in [-0.15, -0.1) is 0 Å². The standard InChI is InChI=1S/C17H22N2O2/c1-4-15(16-6-5-11-21-16)18-13-7-9-14(10-8-13)19-17(20)12(2)3/h5-12,15,18H,4H2,1-3H3,(H,19,20). The van der Waals surface area contributed by atoms with E-state index in [9.17, 15) is 4.79 Å². The van der Waals surface area contributed by atoms with Crippen molar-refractivity contribution in [1.29, 1.82) is 0 Å². The highest BCUT2D eigenvalue weighted by Crippen LogP contribution is 2.24. The van der Waals surface area contributed by atoms with E-state index >= 15 is 0 Å². The Morgan fingerprint density at radius 1 is 1.14 bits per heavy atom. The minimum atomic E-state index is -0.0220. The summed E-state index contributed by atoms with van der Waals surface area (Å²) in [7, 11) is 0. The zero-order chi connectivity index (χ0) is 15.2. The number of carbonyl (C=O) groups is 1. The molecule has 4 heteroatoms. The lowest BCUT2D eigenvalue weighted by Crippen LogP contribution is -2.17. The highest BCUT2D eigenvalue weighted by atomic mass is 16.3. The summed E-state index contributed by atoms with van der Waals surface area (Å²) in [5.41, 5.74) is 1.81.